The van der Waals surface area contributed by atoms with Crippen LogP contribution in [0.5, 0.6) is 5.75 Å². The van der Waals surface area contributed by atoms with Gasteiger partial charge in [-0.05, 0) is 23.3 Å². The first kappa shape index (κ1) is 21.1. The van der Waals surface area contributed by atoms with Crippen molar-refractivity contribution >= 4 is 11.9 Å². The maximum atomic E-state index is 9.10. The van der Waals surface area contributed by atoms with Crippen LogP contribution in [0.1, 0.15) is 11.1 Å². The number of benzene rings is 2. The van der Waals surface area contributed by atoms with Gasteiger partial charge in [0, 0.05) is 20.2 Å². The first-order chi connectivity index (χ1) is 12.5. The van der Waals surface area contributed by atoms with Gasteiger partial charge in [-0.1, -0.05) is 42.5 Å². The topological polar surface area (TPSA) is 105 Å². The molecule has 0 atom stereocenters. The second-order valence-electron chi connectivity index (χ2n) is 5.20. The highest BCUT2D eigenvalue weighted by Gasteiger charge is 2.04. The average molecular weight is 361 g/mol. The Kier molecular flexibility index (Phi) is 10.1. The molecule has 2 aromatic rings. The lowest BCUT2D eigenvalue weighted by Crippen LogP contribution is -2.18. The van der Waals surface area contributed by atoms with E-state index in [1.54, 1.807) is 7.11 Å². The van der Waals surface area contributed by atoms with Gasteiger partial charge in [-0.3, -0.25) is 0 Å². The molecule has 0 unspecified atom stereocenters. The van der Waals surface area contributed by atoms with Crippen molar-refractivity contribution < 1.29 is 29.3 Å². The van der Waals surface area contributed by atoms with Gasteiger partial charge >= 0.3 is 11.9 Å². The molecule has 7 nitrogen and oxygen atoms in total. The van der Waals surface area contributed by atoms with Crippen LogP contribution < -0.4 is 10.1 Å². The standard InChI is InChI=1S/C17H21NO2.C2H2O4/c1-19-11-10-18-13-16-8-5-9-17(12-16)20-14-15-6-3-2-4-7-15;3-1(4)2(5)6/h2-9,12,18H,10-11,13-14H2,1H3;(H,3,4)(H,5,6). The second kappa shape index (κ2) is 12.5. The average Bonchev–Trinajstić information content (AvgIpc) is 2.65. The highest BCUT2D eigenvalue weighted by molar-refractivity contribution is 6.27. The molecule has 0 radical (unpaired) electrons. The molecule has 0 fully saturated rings. The van der Waals surface area contributed by atoms with Crippen LogP contribution in [0.15, 0.2) is 54.6 Å². The zero-order valence-electron chi connectivity index (χ0n) is 14.6. The number of nitrogens with one attached hydrogen (secondary N) is 1. The summed E-state index contributed by atoms with van der Waals surface area (Å²) >= 11 is 0. The summed E-state index contributed by atoms with van der Waals surface area (Å²) in [6.45, 7) is 3.00. The number of methoxy groups -OCH3 is 1. The molecule has 140 valence electrons. The van der Waals surface area contributed by atoms with Gasteiger partial charge in [-0.25, -0.2) is 9.59 Å². The van der Waals surface area contributed by atoms with Crippen molar-refractivity contribution in [2.24, 2.45) is 0 Å². The summed E-state index contributed by atoms with van der Waals surface area (Å²) in [5, 5.41) is 18.1. The van der Waals surface area contributed by atoms with Gasteiger partial charge in [0.1, 0.15) is 12.4 Å². The van der Waals surface area contributed by atoms with Crippen molar-refractivity contribution in [3.05, 3.63) is 65.7 Å². The quantitative estimate of drug-likeness (QED) is 0.489. The first-order valence-corrected chi connectivity index (χ1v) is 7.94. The molecule has 2 rings (SSSR count). The van der Waals surface area contributed by atoms with E-state index in [2.05, 4.69) is 29.6 Å². The molecule has 0 aliphatic carbocycles. The second-order valence-corrected chi connectivity index (χ2v) is 5.20. The lowest BCUT2D eigenvalue weighted by Gasteiger charge is -2.09. The summed E-state index contributed by atoms with van der Waals surface area (Å²) in [5.74, 6) is -2.75. The first-order valence-electron chi connectivity index (χ1n) is 7.94. The van der Waals surface area contributed by atoms with Crippen molar-refractivity contribution in [3.63, 3.8) is 0 Å². The van der Waals surface area contributed by atoms with Crippen molar-refractivity contribution in [1.29, 1.82) is 0 Å². The van der Waals surface area contributed by atoms with Crippen molar-refractivity contribution in [3.8, 4) is 5.75 Å². The van der Waals surface area contributed by atoms with E-state index >= 15 is 0 Å². The Morgan fingerprint density at radius 1 is 0.962 bits per heavy atom. The summed E-state index contributed by atoms with van der Waals surface area (Å²) in [6.07, 6.45) is 0. The van der Waals surface area contributed by atoms with Crippen LogP contribution >= 0.6 is 0 Å². The largest absolute Gasteiger partial charge is 0.489 e. The molecule has 0 aliphatic rings. The molecule has 3 N–H and O–H groups in total. The van der Waals surface area contributed by atoms with Crippen LogP contribution in [0.25, 0.3) is 0 Å². The van der Waals surface area contributed by atoms with Gasteiger partial charge in [0.25, 0.3) is 0 Å². The number of hydrogen-bond acceptors (Lipinski definition) is 5. The minimum Gasteiger partial charge on any atom is -0.489 e. The number of carboxylic acid groups (broad SMARTS) is 2. The molecule has 0 amide bonds. The molecular formula is C19H23NO6. The van der Waals surface area contributed by atoms with Crippen LogP contribution in [0.3, 0.4) is 0 Å². The summed E-state index contributed by atoms with van der Waals surface area (Å²) in [4.78, 5) is 18.2. The summed E-state index contributed by atoms with van der Waals surface area (Å²) < 4.78 is 10.8. The van der Waals surface area contributed by atoms with E-state index in [1.807, 2.05) is 30.3 Å². The van der Waals surface area contributed by atoms with Crippen molar-refractivity contribution in [2.75, 3.05) is 20.3 Å². The van der Waals surface area contributed by atoms with E-state index in [9.17, 15) is 0 Å². The number of carbonyl (C=O) groups is 2. The molecule has 0 heterocycles. The fourth-order valence-corrected chi connectivity index (χ4v) is 1.89. The summed E-state index contributed by atoms with van der Waals surface area (Å²) in [7, 11) is 1.71. The summed E-state index contributed by atoms with van der Waals surface area (Å²) in [6, 6.07) is 18.4. The highest BCUT2D eigenvalue weighted by Crippen LogP contribution is 2.15. The highest BCUT2D eigenvalue weighted by atomic mass is 16.5. The van der Waals surface area contributed by atoms with E-state index in [-0.39, 0.29) is 0 Å². The third kappa shape index (κ3) is 9.41. The van der Waals surface area contributed by atoms with Crippen LogP contribution in [0, 0.1) is 0 Å². The molecule has 0 bridgehead atoms. The maximum absolute atomic E-state index is 9.10. The number of ether oxygens (including phenoxy) is 2. The summed E-state index contributed by atoms with van der Waals surface area (Å²) in [5.41, 5.74) is 2.39. The fourth-order valence-electron chi connectivity index (χ4n) is 1.89. The molecule has 0 spiro atoms. The van der Waals surface area contributed by atoms with E-state index < -0.39 is 11.9 Å². The van der Waals surface area contributed by atoms with Crippen LogP contribution in [0.4, 0.5) is 0 Å². The number of aliphatic carboxylic acids is 2. The molecular weight excluding hydrogens is 338 g/mol. The number of carboxylic acids is 2. The normalized spacial score (nSPS) is 9.73. The van der Waals surface area contributed by atoms with E-state index in [4.69, 9.17) is 29.3 Å². The fraction of sp³-hybridized carbons (Fsp3) is 0.263. The monoisotopic (exact) mass is 361 g/mol. The molecule has 0 aliphatic heterocycles. The molecule has 0 saturated carbocycles. The van der Waals surface area contributed by atoms with Crippen molar-refractivity contribution in [2.45, 2.75) is 13.2 Å². The lowest BCUT2D eigenvalue weighted by atomic mass is 10.2. The number of hydrogen-bond donors (Lipinski definition) is 3. The predicted molar refractivity (Wildman–Crippen MR) is 96.1 cm³/mol. The Morgan fingerprint density at radius 2 is 1.62 bits per heavy atom. The molecule has 7 heteroatoms. The van der Waals surface area contributed by atoms with Gasteiger partial charge in [-0.15, -0.1) is 0 Å². The molecule has 0 saturated heterocycles. The zero-order chi connectivity index (χ0) is 19.2. The predicted octanol–water partition coefficient (Wildman–Crippen LogP) is 2.16. The smallest absolute Gasteiger partial charge is 0.414 e. The Morgan fingerprint density at radius 3 is 2.23 bits per heavy atom. The van der Waals surface area contributed by atoms with Crippen LogP contribution in [-0.4, -0.2) is 42.4 Å². The Hall–Kier alpha value is -2.90. The third-order valence-electron chi connectivity index (χ3n) is 3.14. The van der Waals surface area contributed by atoms with E-state index in [0.29, 0.717) is 6.61 Å². The third-order valence-corrected chi connectivity index (χ3v) is 3.14. The van der Waals surface area contributed by atoms with Gasteiger partial charge in [0.2, 0.25) is 0 Å². The molecule has 0 aromatic heterocycles. The maximum Gasteiger partial charge on any atom is 0.414 e. The Balaban J connectivity index is 0.000000487. The molecule has 2 aromatic carbocycles. The Labute approximate surface area is 152 Å². The number of rotatable bonds is 8. The van der Waals surface area contributed by atoms with E-state index in [1.165, 1.54) is 11.1 Å². The van der Waals surface area contributed by atoms with Gasteiger partial charge < -0.3 is 25.0 Å². The van der Waals surface area contributed by atoms with Crippen molar-refractivity contribution in [1.82, 2.24) is 5.32 Å². The molecule has 26 heavy (non-hydrogen) atoms. The van der Waals surface area contributed by atoms with Gasteiger partial charge in [-0.2, -0.15) is 0 Å². The lowest BCUT2D eigenvalue weighted by molar-refractivity contribution is -0.159. The van der Waals surface area contributed by atoms with E-state index in [0.717, 1.165) is 25.4 Å². The minimum atomic E-state index is -1.82. The van der Waals surface area contributed by atoms with Crippen LogP contribution in [-0.2, 0) is 27.5 Å². The Bertz CT molecular complexity index is 663. The minimum absolute atomic E-state index is 0.599. The van der Waals surface area contributed by atoms with Gasteiger partial charge in [0.15, 0.2) is 0 Å². The zero-order valence-corrected chi connectivity index (χ0v) is 14.6. The van der Waals surface area contributed by atoms with Gasteiger partial charge in [0.05, 0.1) is 6.61 Å². The van der Waals surface area contributed by atoms with Crippen LogP contribution in [0.2, 0.25) is 0 Å². The SMILES string of the molecule is COCCNCc1cccc(OCc2ccccc2)c1.O=C(O)C(=O)O.